The zero-order valence-corrected chi connectivity index (χ0v) is 14.2. The van der Waals surface area contributed by atoms with Crippen molar-refractivity contribution in [3.63, 3.8) is 0 Å². The molecular formula is C14H21N3O2S2. The Kier molecular flexibility index (Phi) is 5.64. The Morgan fingerprint density at radius 1 is 1.62 bits per heavy atom. The second kappa shape index (κ2) is 7.26. The first-order valence-corrected chi connectivity index (χ1v) is 9.28. The fraction of sp³-hybridized carbons (Fsp3) is 0.643. The minimum atomic E-state index is -0.232. The topological polar surface area (TPSA) is 62.3 Å². The van der Waals surface area contributed by atoms with E-state index in [-0.39, 0.29) is 23.8 Å². The van der Waals surface area contributed by atoms with Gasteiger partial charge < -0.3 is 10.2 Å². The van der Waals surface area contributed by atoms with Crippen LogP contribution in [0.3, 0.4) is 0 Å². The van der Waals surface area contributed by atoms with Gasteiger partial charge in [-0.3, -0.25) is 9.59 Å². The molecule has 116 valence electrons. The summed E-state index contributed by atoms with van der Waals surface area (Å²) in [4.78, 5) is 30.2. The second-order valence-electron chi connectivity index (χ2n) is 5.42. The third-order valence-electron chi connectivity index (χ3n) is 3.46. The number of likely N-dealkylation sites (tertiary alicyclic amines) is 1. The summed E-state index contributed by atoms with van der Waals surface area (Å²) >= 11 is 3.35. The molecule has 0 unspecified atom stereocenters. The van der Waals surface area contributed by atoms with Gasteiger partial charge in [0.15, 0.2) is 0 Å². The van der Waals surface area contributed by atoms with Crippen molar-refractivity contribution in [2.75, 3.05) is 12.8 Å². The quantitative estimate of drug-likeness (QED) is 0.866. The van der Waals surface area contributed by atoms with Crippen LogP contribution in [0.15, 0.2) is 5.38 Å². The lowest BCUT2D eigenvalue weighted by Crippen LogP contribution is -2.35. The van der Waals surface area contributed by atoms with Gasteiger partial charge in [-0.1, -0.05) is 0 Å². The smallest absolute Gasteiger partial charge is 0.225 e. The van der Waals surface area contributed by atoms with E-state index in [4.69, 9.17) is 0 Å². The van der Waals surface area contributed by atoms with Crippen molar-refractivity contribution < 1.29 is 9.59 Å². The first kappa shape index (κ1) is 16.3. The molecule has 1 N–H and O–H groups in total. The van der Waals surface area contributed by atoms with E-state index in [2.05, 4.69) is 10.3 Å². The van der Waals surface area contributed by atoms with Crippen molar-refractivity contribution in [3.8, 4) is 0 Å². The van der Waals surface area contributed by atoms with Gasteiger partial charge in [-0.2, -0.15) is 11.8 Å². The van der Waals surface area contributed by atoms with Crippen LogP contribution in [0.2, 0.25) is 0 Å². The van der Waals surface area contributed by atoms with E-state index < -0.39 is 0 Å². The minimum absolute atomic E-state index is 0.0501. The summed E-state index contributed by atoms with van der Waals surface area (Å²) < 4.78 is 0. The van der Waals surface area contributed by atoms with Crippen LogP contribution in [0.1, 0.15) is 31.0 Å². The first-order valence-electron chi connectivity index (χ1n) is 7.00. The Hall–Kier alpha value is -1.08. The van der Waals surface area contributed by atoms with Crippen molar-refractivity contribution in [1.29, 1.82) is 0 Å². The highest BCUT2D eigenvalue weighted by atomic mass is 32.2. The highest BCUT2D eigenvalue weighted by Crippen LogP contribution is 2.20. The van der Waals surface area contributed by atoms with Crippen molar-refractivity contribution >= 4 is 34.9 Å². The van der Waals surface area contributed by atoms with E-state index in [9.17, 15) is 9.59 Å². The van der Waals surface area contributed by atoms with E-state index in [1.54, 1.807) is 28.0 Å². The van der Waals surface area contributed by atoms with Gasteiger partial charge in [0.1, 0.15) is 5.01 Å². The molecule has 0 bridgehead atoms. The standard InChI is InChI=1S/C14H21N3O2S2/c1-9(2)17-6-10(4-13(17)18)14(19)15-5-11-7-21-12(16-11)8-20-3/h7,9-10H,4-6,8H2,1-3H3,(H,15,19)/t10-/m1/s1. The molecule has 0 spiro atoms. The Morgan fingerprint density at radius 3 is 3.00 bits per heavy atom. The van der Waals surface area contributed by atoms with Crippen LogP contribution >= 0.6 is 23.1 Å². The number of thioether (sulfide) groups is 1. The fourth-order valence-electron chi connectivity index (χ4n) is 2.35. The molecule has 0 radical (unpaired) electrons. The zero-order valence-electron chi connectivity index (χ0n) is 12.6. The molecule has 0 aliphatic carbocycles. The second-order valence-corrected chi connectivity index (χ2v) is 7.23. The summed E-state index contributed by atoms with van der Waals surface area (Å²) in [6.45, 7) is 4.91. The Bertz CT molecular complexity index is 516. The lowest BCUT2D eigenvalue weighted by Gasteiger charge is -2.20. The number of thiazole rings is 1. The van der Waals surface area contributed by atoms with Crippen molar-refractivity contribution in [1.82, 2.24) is 15.2 Å². The van der Waals surface area contributed by atoms with Crippen LogP contribution in [0, 0.1) is 5.92 Å². The number of nitrogens with one attached hydrogen (secondary N) is 1. The summed E-state index contributed by atoms with van der Waals surface area (Å²) in [7, 11) is 0. The predicted molar refractivity (Wildman–Crippen MR) is 86.1 cm³/mol. The van der Waals surface area contributed by atoms with Gasteiger partial charge in [0, 0.05) is 30.1 Å². The highest BCUT2D eigenvalue weighted by Gasteiger charge is 2.35. The van der Waals surface area contributed by atoms with Crippen LogP contribution in [0.5, 0.6) is 0 Å². The molecule has 0 aromatic carbocycles. The molecule has 7 heteroatoms. The number of hydrogen-bond donors (Lipinski definition) is 1. The van der Waals surface area contributed by atoms with Crippen LogP contribution in [0.25, 0.3) is 0 Å². The van der Waals surface area contributed by atoms with Crippen LogP contribution in [-0.4, -0.2) is 40.5 Å². The number of carbonyl (C=O) groups excluding carboxylic acids is 2. The molecule has 1 fully saturated rings. The molecule has 1 saturated heterocycles. The number of amides is 2. The SMILES string of the molecule is CSCc1nc(CNC(=O)[C@@H]2CC(=O)N(C(C)C)C2)cs1. The molecule has 1 atom stereocenters. The molecule has 1 aliphatic rings. The summed E-state index contributed by atoms with van der Waals surface area (Å²) in [5.74, 6) is 0.690. The maximum absolute atomic E-state index is 12.1. The lowest BCUT2D eigenvalue weighted by atomic mass is 10.1. The van der Waals surface area contributed by atoms with Crippen LogP contribution in [-0.2, 0) is 21.9 Å². The highest BCUT2D eigenvalue weighted by molar-refractivity contribution is 7.97. The number of rotatable bonds is 6. The fourth-order valence-corrected chi connectivity index (χ4v) is 3.86. The Labute approximate surface area is 133 Å². The molecule has 1 aromatic heterocycles. The zero-order chi connectivity index (χ0) is 15.4. The molecule has 5 nitrogen and oxygen atoms in total. The van der Waals surface area contributed by atoms with Crippen molar-refractivity contribution in [2.24, 2.45) is 5.92 Å². The van der Waals surface area contributed by atoms with E-state index in [0.717, 1.165) is 16.5 Å². The molecule has 2 heterocycles. The minimum Gasteiger partial charge on any atom is -0.350 e. The normalized spacial score (nSPS) is 18.6. The van der Waals surface area contributed by atoms with Gasteiger partial charge in [-0.15, -0.1) is 11.3 Å². The number of nitrogens with zero attached hydrogens (tertiary/aromatic N) is 2. The van der Waals surface area contributed by atoms with E-state index >= 15 is 0 Å². The molecule has 1 aliphatic heterocycles. The third-order valence-corrected chi connectivity index (χ3v) is 5.11. The monoisotopic (exact) mass is 327 g/mol. The van der Waals surface area contributed by atoms with Gasteiger partial charge >= 0.3 is 0 Å². The molecule has 1 aromatic rings. The number of carbonyl (C=O) groups is 2. The van der Waals surface area contributed by atoms with Gasteiger partial charge in [-0.05, 0) is 20.1 Å². The largest absolute Gasteiger partial charge is 0.350 e. The lowest BCUT2D eigenvalue weighted by molar-refractivity contribution is -0.130. The van der Waals surface area contributed by atoms with Crippen LogP contribution < -0.4 is 5.32 Å². The maximum Gasteiger partial charge on any atom is 0.225 e. The Balaban J connectivity index is 1.83. The molecular weight excluding hydrogens is 306 g/mol. The maximum atomic E-state index is 12.1. The van der Waals surface area contributed by atoms with Gasteiger partial charge in [0.05, 0.1) is 18.2 Å². The van der Waals surface area contributed by atoms with Crippen LogP contribution in [0.4, 0.5) is 0 Å². The summed E-state index contributed by atoms with van der Waals surface area (Å²) in [6.07, 6.45) is 2.36. The number of aromatic nitrogens is 1. The molecule has 0 saturated carbocycles. The average molecular weight is 327 g/mol. The van der Waals surface area contributed by atoms with Gasteiger partial charge in [0.2, 0.25) is 11.8 Å². The van der Waals surface area contributed by atoms with Crippen molar-refractivity contribution in [2.45, 2.75) is 38.6 Å². The predicted octanol–water partition coefficient (Wildman–Crippen LogP) is 1.88. The van der Waals surface area contributed by atoms with Gasteiger partial charge in [0.25, 0.3) is 0 Å². The van der Waals surface area contributed by atoms with E-state index in [1.807, 2.05) is 25.5 Å². The molecule has 2 amide bonds. The van der Waals surface area contributed by atoms with Crippen molar-refractivity contribution in [3.05, 3.63) is 16.1 Å². The Morgan fingerprint density at radius 2 is 2.38 bits per heavy atom. The van der Waals surface area contributed by atoms with Gasteiger partial charge in [-0.25, -0.2) is 4.98 Å². The summed E-state index contributed by atoms with van der Waals surface area (Å²) in [6, 6.07) is 0.156. The molecule has 21 heavy (non-hydrogen) atoms. The summed E-state index contributed by atoms with van der Waals surface area (Å²) in [5, 5.41) is 5.95. The third kappa shape index (κ3) is 4.20. The summed E-state index contributed by atoms with van der Waals surface area (Å²) in [5.41, 5.74) is 0.891. The average Bonchev–Trinajstić information content (AvgIpc) is 3.03. The number of hydrogen-bond acceptors (Lipinski definition) is 5. The molecule has 2 rings (SSSR count). The van der Waals surface area contributed by atoms with E-state index in [1.165, 1.54) is 0 Å². The van der Waals surface area contributed by atoms with E-state index in [0.29, 0.717) is 19.5 Å². The first-order chi connectivity index (χ1) is 10.0.